The number of aromatic nitrogens is 2. The van der Waals surface area contributed by atoms with Crippen molar-refractivity contribution in [2.24, 2.45) is 11.8 Å². The second kappa shape index (κ2) is 10.0. The molecule has 0 saturated carbocycles. The summed E-state index contributed by atoms with van der Waals surface area (Å²) in [5.41, 5.74) is 3.78. The van der Waals surface area contributed by atoms with Gasteiger partial charge in [0.25, 0.3) is 5.91 Å². The van der Waals surface area contributed by atoms with Crippen molar-refractivity contribution in [1.82, 2.24) is 19.8 Å². The topological polar surface area (TPSA) is 69.6 Å². The number of aryl methyl sites for hydroxylation is 2. The fraction of sp³-hybridized carbons (Fsp3) is 0.462. The van der Waals surface area contributed by atoms with Gasteiger partial charge in [0.2, 0.25) is 5.91 Å². The lowest BCUT2D eigenvalue weighted by molar-refractivity contribution is -0.119. The summed E-state index contributed by atoms with van der Waals surface area (Å²) in [6.45, 7) is 11.1. The molecule has 1 atom stereocenters. The summed E-state index contributed by atoms with van der Waals surface area (Å²) >= 11 is 0. The van der Waals surface area contributed by atoms with Crippen LogP contribution in [0.25, 0.3) is 0 Å². The molecule has 0 N–H and O–H groups in total. The maximum absolute atomic E-state index is 13.8. The van der Waals surface area contributed by atoms with Gasteiger partial charge in [-0.1, -0.05) is 19.9 Å². The summed E-state index contributed by atoms with van der Waals surface area (Å²) in [6, 6.07) is 6.22. The molecule has 2 aliphatic rings. The largest absolute Gasteiger partial charge is 0.314 e. The summed E-state index contributed by atoms with van der Waals surface area (Å²) < 4.78 is 13.8. The van der Waals surface area contributed by atoms with Crippen molar-refractivity contribution in [2.45, 2.75) is 34.1 Å². The van der Waals surface area contributed by atoms with E-state index < -0.39 is 0 Å². The molecule has 2 aromatic rings. The third-order valence-electron chi connectivity index (χ3n) is 6.49. The minimum Gasteiger partial charge on any atom is -0.314 e. The van der Waals surface area contributed by atoms with Crippen LogP contribution in [0, 0.1) is 31.5 Å². The van der Waals surface area contributed by atoms with Gasteiger partial charge in [0.1, 0.15) is 12.1 Å². The molecule has 4 rings (SSSR count). The van der Waals surface area contributed by atoms with Crippen molar-refractivity contribution in [3.8, 4) is 0 Å². The quantitative estimate of drug-likeness (QED) is 0.625. The number of hydrogen-bond donors (Lipinski definition) is 0. The van der Waals surface area contributed by atoms with Crippen molar-refractivity contribution >= 4 is 17.5 Å². The molecule has 2 amide bonds. The zero-order valence-corrected chi connectivity index (χ0v) is 20.3. The van der Waals surface area contributed by atoms with E-state index in [1.165, 1.54) is 24.0 Å². The molecule has 8 heteroatoms. The van der Waals surface area contributed by atoms with Crippen LogP contribution in [-0.2, 0) is 4.79 Å². The van der Waals surface area contributed by atoms with Crippen LogP contribution < -0.4 is 4.90 Å². The first-order valence-corrected chi connectivity index (χ1v) is 11.8. The fourth-order valence-electron chi connectivity index (χ4n) is 4.79. The zero-order chi connectivity index (χ0) is 24.4. The monoisotopic (exact) mass is 465 g/mol. The zero-order valence-electron chi connectivity index (χ0n) is 20.3. The first kappa shape index (κ1) is 24.0. The highest BCUT2D eigenvalue weighted by atomic mass is 19.1. The average Bonchev–Trinajstić information content (AvgIpc) is 3.32. The molecule has 3 heterocycles. The summed E-state index contributed by atoms with van der Waals surface area (Å²) in [6.07, 6.45) is 3.87. The van der Waals surface area contributed by atoms with Gasteiger partial charge < -0.3 is 9.80 Å². The Balaban J connectivity index is 1.41. The normalized spacial score (nSPS) is 17.8. The van der Waals surface area contributed by atoms with Gasteiger partial charge in [0.15, 0.2) is 0 Å². The van der Waals surface area contributed by atoms with E-state index in [9.17, 15) is 14.0 Å². The molecule has 1 fully saturated rings. The van der Waals surface area contributed by atoms with Crippen molar-refractivity contribution in [1.29, 1.82) is 0 Å². The number of hydrogen-bond acceptors (Lipinski definition) is 5. The molecule has 1 aromatic carbocycles. The van der Waals surface area contributed by atoms with Crippen LogP contribution in [0.3, 0.4) is 0 Å². The number of carbonyl (C=O) groups excluding carboxylic acids is 2. The molecule has 7 nitrogen and oxygen atoms in total. The number of carbonyl (C=O) groups is 2. The van der Waals surface area contributed by atoms with Crippen LogP contribution in [0.1, 0.15) is 42.0 Å². The van der Waals surface area contributed by atoms with E-state index in [1.807, 2.05) is 33.9 Å². The summed E-state index contributed by atoms with van der Waals surface area (Å²) in [4.78, 5) is 40.1. The highest BCUT2D eigenvalue weighted by molar-refractivity contribution is 5.97. The Kier molecular flexibility index (Phi) is 7.07. The Hall–Kier alpha value is -3.13. The van der Waals surface area contributed by atoms with Gasteiger partial charge in [-0.15, -0.1) is 0 Å². The molecule has 180 valence electrons. The van der Waals surface area contributed by atoms with E-state index in [0.29, 0.717) is 48.7 Å². The molecule has 0 radical (unpaired) electrons. The maximum Gasteiger partial charge on any atom is 0.261 e. The van der Waals surface area contributed by atoms with Crippen LogP contribution in [0.5, 0.6) is 0 Å². The van der Waals surface area contributed by atoms with E-state index in [2.05, 4.69) is 14.9 Å². The van der Waals surface area contributed by atoms with Crippen LogP contribution in [-0.4, -0.2) is 64.3 Å². The van der Waals surface area contributed by atoms with Crippen LogP contribution in [0.2, 0.25) is 0 Å². The first-order valence-electron chi connectivity index (χ1n) is 11.8. The molecule has 0 spiro atoms. The Morgan fingerprint density at radius 2 is 1.91 bits per heavy atom. The number of rotatable bonds is 7. The van der Waals surface area contributed by atoms with Gasteiger partial charge in [-0.05, 0) is 43.5 Å². The lowest BCUT2D eigenvalue weighted by atomic mass is 10.1. The van der Waals surface area contributed by atoms with Crippen molar-refractivity contribution in [3.05, 3.63) is 65.1 Å². The Bertz CT molecular complexity index is 1100. The summed E-state index contributed by atoms with van der Waals surface area (Å²) in [5, 5.41) is 0. The SMILES string of the molecule is Cc1ncnc(C)c1C(=O)N1C=C2CN(CCN(C(=O)CC(C)C)c3cccc(F)c3)CC2C1. The number of halogens is 1. The third-order valence-corrected chi connectivity index (χ3v) is 6.49. The number of nitrogens with zero attached hydrogens (tertiary/aromatic N) is 5. The Labute approximate surface area is 200 Å². The molecule has 1 unspecified atom stereocenters. The lowest BCUT2D eigenvalue weighted by Gasteiger charge is -2.27. The van der Waals surface area contributed by atoms with E-state index in [1.54, 1.807) is 21.9 Å². The molecule has 34 heavy (non-hydrogen) atoms. The highest BCUT2D eigenvalue weighted by Crippen LogP contribution is 2.31. The van der Waals surface area contributed by atoms with Crippen LogP contribution in [0.15, 0.2) is 42.4 Å². The van der Waals surface area contributed by atoms with Gasteiger partial charge in [-0.25, -0.2) is 14.4 Å². The van der Waals surface area contributed by atoms with Crippen molar-refractivity contribution < 1.29 is 14.0 Å². The van der Waals surface area contributed by atoms with Gasteiger partial charge >= 0.3 is 0 Å². The summed E-state index contributed by atoms with van der Waals surface area (Å²) in [5.74, 6) is 0.112. The lowest BCUT2D eigenvalue weighted by Crippen LogP contribution is -2.39. The van der Waals surface area contributed by atoms with Crippen LogP contribution >= 0.6 is 0 Å². The van der Waals surface area contributed by atoms with Gasteiger partial charge in [0, 0.05) is 56.9 Å². The number of benzene rings is 1. The van der Waals surface area contributed by atoms with E-state index in [0.717, 1.165) is 13.1 Å². The minimum atomic E-state index is -0.347. The molecule has 2 aliphatic heterocycles. The van der Waals surface area contributed by atoms with Crippen molar-refractivity contribution in [3.63, 3.8) is 0 Å². The fourth-order valence-corrected chi connectivity index (χ4v) is 4.79. The van der Waals surface area contributed by atoms with Gasteiger partial charge in [-0.2, -0.15) is 0 Å². The number of anilines is 1. The Morgan fingerprint density at radius 3 is 2.56 bits per heavy atom. The van der Waals surface area contributed by atoms with E-state index in [4.69, 9.17) is 0 Å². The molecule has 0 aliphatic carbocycles. The summed E-state index contributed by atoms with van der Waals surface area (Å²) in [7, 11) is 0. The van der Waals surface area contributed by atoms with Gasteiger partial charge in [0.05, 0.1) is 17.0 Å². The Morgan fingerprint density at radius 1 is 1.18 bits per heavy atom. The third kappa shape index (κ3) is 5.17. The molecule has 0 bridgehead atoms. The predicted octanol–water partition coefficient (Wildman–Crippen LogP) is 3.58. The van der Waals surface area contributed by atoms with E-state index >= 15 is 0 Å². The first-order chi connectivity index (χ1) is 16.2. The minimum absolute atomic E-state index is 0.00629. The standard InChI is InChI=1S/C26H32FN5O2/c1-17(2)10-24(33)32(23-7-5-6-22(27)11-23)9-8-30-12-20-14-31(15-21(20)13-30)26(34)25-18(3)28-16-29-19(25)4/h5-7,11,14,16-17,21H,8-10,12-13,15H2,1-4H3. The second-order valence-corrected chi connectivity index (χ2v) is 9.64. The maximum atomic E-state index is 13.8. The number of fused-ring (bicyclic) bond motifs is 1. The van der Waals surface area contributed by atoms with E-state index in [-0.39, 0.29) is 29.5 Å². The smallest absolute Gasteiger partial charge is 0.261 e. The number of amides is 2. The highest BCUT2D eigenvalue weighted by Gasteiger charge is 2.36. The molecule has 1 saturated heterocycles. The average molecular weight is 466 g/mol. The van der Waals surface area contributed by atoms with Crippen LogP contribution in [0.4, 0.5) is 10.1 Å². The predicted molar refractivity (Wildman–Crippen MR) is 129 cm³/mol. The molecular weight excluding hydrogens is 433 g/mol. The van der Waals surface area contributed by atoms with Gasteiger partial charge in [-0.3, -0.25) is 14.5 Å². The second-order valence-electron chi connectivity index (χ2n) is 9.64. The van der Waals surface area contributed by atoms with Crippen molar-refractivity contribution in [2.75, 3.05) is 37.6 Å². The number of likely N-dealkylation sites (tertiary alicyclic amines) is 1. The molecular formula is C26H32FN5O2. The molecule has 1 aromatic heterocycles.